The number of carbonyl (C=O) groups excluding carboxylic acids is 1. The zero-order valence-electron chi connectivity index (χ0n) is 13.0. The number of hydrogen-bond acceptors (Lipinski definition) is 8. The van der Waals surface area contributed by atoms with Crippen molar-refractivity contribution in [3.63, 3.8) is 0 Å². The summed E-state index contributed by atoms with van der Waals surface area (Å²) < 4.78 is 20.1. The number of aromatic nitrogens is 1. The minimum Gasteiger partial charge on any atom is -0.497 e. The monoisotopic (exact) mass is 344 g/mol. The molecule has 0 N–H and O–H groups in total. The first kappa shape index (κ1) is 16.2. The zero-order chi connectivity index (χ0) is 17.8. The van der Waals surface area contributed by atoms with E-state index in [0.717, 1.165) is 11.6 Å². The molecular weight excluding hydrogens is 332 g/mol. The lowest BCUT2D eigenvalue weighted by atomic mass is 10.1. The van der Waals surface area contributed by atoms with Crippen molar-refractivity contribution in [2.75, 3.05) is 7.11 Å². The highest BCUT2D eigenvalue weighted by molar-refractivity contribution is 5.86. The third-order valence-corrected chi connectivity index (χ3v) is 3.24. The Bertz CT molecular complexity index is 913. The van der Waals surface area contributed by atoms with Crippen LogP contribution in [0.3, 0.4) is 0 Å². The van der Waals surface area contributed by atoms with Gasteiger partial charge in [0.2, 0.25) is 5.76 Å². The third kappa shape index (κ3) is 3.66. The van der Waals surface area contributed by atoms with Gasteiger partial charge in [0.1, 0.15) is 23.0 Å². The predicted octanol–water partition coefficient (Wildman–Crippen LogP) is 3.21. The average Bonchev–Trinajstić information content (AvgIpc) is 3.29. The smallest absolute Gasteiger partial charge is 0.433 e. The second kappa shape index (κ2) is 6.87. The Kier molecular flexibility index (Phi) is 4.46. The Labute approximate surface area is 140 Å². The van der Waals surface area contributed by atoms with Crippen LogP contribution in [0, 0.1) is 10.1 Å². The lowest BCUT2D eigenvalue weighted by molar-refractivity contribution is -0.402. The van der Waals surface area contributed by atoms with E-state index in [1.807, 2.05) is 6.07 Å². The van der Waals surface area contributed by atoms with Gasteiger partial charge in [-0.2, -0.15) is 0 Å². The molecule has 0 saturated carbocycles. The highest BCUT2D eigenvalue weighted by atomic mass is 16.7. The van der Waals surface area contributed by atoms with Gasteiger partial charge in [-0.3, -0.25) is 10.1 Å². The van der Waals surface area contributed by atoms with Gasteiger partial charge in [0.05, 0.1) is 13.2 Å². The highest BCUT2D eigenvalue weighted by Crippen LogP contribution is 2.25. The summed E-state index contributed by atoms with van der Waals surface area (Å²) in [5.41, 5.74) is 1.14. The standard InChI is InChI=1S/C16H12N2O7/c1-22-12-4-2-3-10(7-12)14-8-11(17-25-14)9-23-16(19)13-5-6-15(24-13)18(20)21/h2-8H,9H2,1H3. The number of carbonyl (C=O) groups is 1. The SMILES string of the molecule is COc1cccc(-c2cc(COC(=O)c3ccc([N+](=O)[O-])o3)no2)c1. The molecule has 25 heavy (non-hydrogen) atoms. The first-order valence-electron chi connectivity index (χ1n) is 7.08. The number of nitro groups is 1. The molecule has 0 spiro atoms. The first-order chi connectivity index (χ1) is 12.1. The largest absolute Gasteiger partial charge is 0.497 e. The van der Waals surface area contributed by atoms with Crippen molar-refractivity contribution in [3.05, 3.63) is 64.0 Å². The van der Waals surface area contributed by atoms with Gasteiger partial charge in [-0.05, 0) is 18.2 Å². The van der Waals surface area contributed by atoms with Crippen LogP contribution in [0.4, 0.5) is 5.88 Å². The fourth-order valence-electron chi connectivity index (χ4n) is 2.04. The Morgan fingerprint density at radius 1 is 1.28 bits per heavy atom. The quantitative estimate of drug-likeness (QED) is 0.380. The van der Waals surface area contributed by atoms with Gasteiger partial charge in [0.15, 0.2) is 5.76 Å². The summed E-state index contributed by atoms with van der Waals surface area (Å²) in [5.74, 6) is -0.476. The lowest BCUT2D eigenvalue weighted by Gasteiger charge is -2.00. The van der Waals surface area contributed by atoms with E-state index in [9.17, 15) is 14.9 Å². The molecule has 0 aliphatic carbocycles. The van der Waals surface area contributed by atoms with Crippen molar-refractivity contribution in [1.29, 1.82) is 0 Å². The highest BCUT2D eigenvalue weighted by Gasteiger charge is 2.19. The van der Waals surface area contributed by atoms with E-state index in [1.54, 1.807) is 31.4 Å². The summed E-state index contributed by atoms with van der Waals surface area (Å²) in [6.07, 6.45) is 0. The third-order valence-electron chi connectivity index (χ3n) is 3.24. The molecule has 2 heterocycles. The summed E-state index contributed by atoms with van der Waals surface area (Å²) in [4.78, 5) is 21.6. The predicted molar refractivity (Wildman–Crippen MR) is 83.0 cm³/mol. The van der Waals surface area contributed by atoms with Crippen LogP contribution in [-0.2, 0) is 11.3 Å². The Morgan fingerprint density at radius 2 is 2.12 bits per heavy atom. The van der Waals surface area contributed by atoms with Crippen LogP contribution in [-0.4, -0.2) is 23.2 Å². The van der Waals surface area contributed by atoms with Crippen LogP contribution in [0.5, 0.6) is 5.75 Å². The second-order valence-electron chi connectivity index (χ2n) is 4.89. The number of ether oxygens (including phenoxy) is 2. The minimum atomic E-state index is -0.834. The molecule has 2 aromatic heterocycles. The topological polar surface area (TPSA) is 118 Å². The van der Waals surface area contributed by atoms with E-state index in [-0.39, 0.29) is 12.4 Å². The van der Waals surface area contributed by atoms with Gasteiger partial charge in [-0.1, -0.05) is 17.3 Å². The molecule has 9 nitrogen and oxygen atoms in total. The summed E-state index contributed by atoms with van der Waals surface area (Å²) in [6, 6.07) is 11.1. The second-order valence-corrected chi connectivity index (χ2v) is 4.89. The van der Waals surface area contributed by atoms with Crippen LogP contribution in [0.15, 0.2) is 51.4 Å². The molecule has 0 aliphatic rings. The molecular formula is C16H12N2O7. The van der Waals surface area contributed by atoms with Gasteiger partial charge in [0, 0.05) is 11.6 Å². The van der Waals surface area contributed by atoms with Crippen molar-refractivity contribution in [2.45, 2.75) is 6.61 Å². The fraction of sp³-hybridized carbons (Fsp3) is 0.125. The van der Waals surface area contributed by atoms with Crippen molar-refractivity contribution in [1.82, 2.24) is 5.16 Å². The number of methoxy groups -OCH3 is 1. The first-order valence-corrected chi connectivity index (χ1v) is 7.08. The van der Waals surface area contributed by atoms with Gasteiger partial charge in [0.25, 0.3) is 0 Å². The molecule has 0 radical (unpaired) electrons. The van der Waals surface area contributed by atoms with Gasteiger partial charge in [-0.15, -0.1) is 0 Å². The molecule has 0 bridgehead atoms. The van der Waals surface area contributed by atoms with Crippen molar-refractivity contribution >= 4 is 11.9 Å². The van der Waals surface area contributed by atoms with E-state index < -0.39 is 16.8 Å². The Hall–Kier alpha value is -3.62. The van der Waals surface area contributed by atoms with Crippen molar-refractivity contribution < 1.29 is 28.1 Å². The molecule has 0 atom stereocenters. The molecule has 3 aromatic rings. The van der Waals surface area contributed by atoms with E-state index in [1.165, 1.54) is 6.07 Å². The van der Waals surface area contributed by atoms with Crippen LogP contribution in [0.2, 0.25) is 0 Å². The molecule has 1 aromatic carbocycles. The van der Waals surface area contributed by atoms with Gasteiger partial charge < -0.3 is 18.4 Å². The van der Waals surface area contributed by atoms with Gasteiger partial charge in [-0.25, -0.2) is 4.79 Å². The van der Waals surface area contributed by atoms with Crippen LogP contribution < -0.4 is 4.74 Å². The molecule has 0 amide bonds. The van der Waals surface area contributed by atoms with E-state index in [2.05, 4.69) is 5.16 Å². The zero-order valence-corrected chi connectivity index (χ0v) is 13.0. The van der Waals surface area contributed by atoms with Crippen LogP contribution in [0.25, 0.3) is 11.3 Å². The maximum absolute atomic E-state index is 11.8. The number of furan rings is 1. The molecule has 0 saturated heterocycles. The number of hydrogen-bond donors (Lipinski definition) is 0. The molecule has 0 unspecified atom stereocenters. The maximum Gasteiger partial charge on any atom is 0.433 e. The molecule has 128 valence electrons. The fourth-order valence-corrected chi connectivity index (χ4v) is 2.04. The molecule has 3 rings (SSSR count). The number of esters is 1. The van der Waals surface area contributed by atoms with Crippen LogP contribution in [0.1, 0.15) is 16.2 Å². The Balaban J connectivity index is 1.65. The summed E-state index contributed by atoms with van der Waals surface area (Å²) in [7, 11) is 1.56. The number of nitrogens with zero attached hydrogens (tertiary/aromatic N) is 2. The summed E-state index contributed by atoms with van der Waals surface area (Å²) in [6.45, 7) is -0.166. The maximum atomic E-state index is 11.8. The molecule has 0 aliphatic heterocycles. The van der Waals surface area contributed by atoms with Crippen molar-refractivity contribution in [2.24, 2.45) is 0 Å². The minimum absolute atomic E-state index is 0.166. The van der Waals surface area contributed by atoms with E-state index in [4.69, 9.17) is 18.4 Å². The lowest BCUT2D eigenvalue weighted by Crippen LogP contribution is -2.04. The molecule has 0 fully saturated rings. The van der Waals surface area contributed by atoms with Crippen molar-refractivity contribution in [3.8, 4) is 17.1 Å². The normalized spacial score (nSPS) is 10.4. The molecule has 9 heteroatoms. The van der Waals surface area contributed by atoms with Gasteiger partial charge >= 0.3 is 11.9 Å². The van der Waals surface area contributed by atoms with E-state index in [0.29, 0.717) is 17.2 Å². The summed E-state index contributed by atoms with van der Waals surface area (Å²) >= 11 is 0. The number of rotatable bonds is 6. The van der Waals surface area contributed by atoms with E-state index >= 15 is 0 Å². The number of benzene rings is 1. The summed E-state index contributed by atoms with van der Waals surface area (Å²) in [5, 5.41) is 14.3. The van der Waals surface area contributed by atoms with Crippen LogP contribution >= 0.6 is 0 Å². The Morgan fingerprint density at radius 3 is 2.84 bits per heavy atom. The average molecular weight is 344 g/mol.